The van der Waals surface area contributed by atoms with Crippen LogP contribution in [-0.4, -0.2) is 0 Å². The first kappa shape index (κ1) is 16.9. The molecule has 1 aromatic rings. The van der Waals surface area contributed by atoms with Crippen LogP contribution in [0.4, 0.5) is 4.53 Å². The van der Waals surface area contributed by atoms with Crippen LogP contribution in [0.25, 0.3) is 6.08 Å². The Bertz CT molecular complexity index is 458. The first-order valence-electron chi connectivity index (χ1n) is 6.23. The minimum Gasteiger partial charge on any atom is -0.294 e. The second kappa shape index (κ2) is 9.89. The van der Waals surface area contributed by atoms with Crippen molar-refractivity contribution in [2.75, 3.05) is 0 Å². The van der Waals surface area contributed by atoms with Gasteiger partial charge in [0.1, 0.15) is 0 Å². The normalized spacial score (nSPS) is 9.95. The Labute approximate surface area is 115 Å². The average Bonchev–Trinajstić information content (AvgIpc) is 2.48. The molecule has 0 N–H and O–H groups in total. The van der Waals surface area contributed by atoms with Crippen LogP contribution in [-0.2, 0) is 6.42 Å². The second-order valence-electron chi connectivity index (χ2n) is 3.51. The lowest BCUT2D eigenvalue weighted by Crippen LogP contribution is -1.90. The number of hydrogen-bond donors (Lipinski definition) is 0. The maximum atomic E-state index is 12.2. The smallest absolute Gasteiger partial charge is 0.179 e. The summed E-state index contributed by atoms with van der Waals surface area (Å²) < 4.78 is 12.2. The lowest BCUT2D eigenvalue weighted by atomic mass is 10.0. The van der Waals surface area contributed by atoms with E-state index in [0.717, 1.165) is 11.1 Å². The summed E-state index contributed by atoms with van der Waals surface area (Å²) in [6.07, 6.45) is 7.64. The third kappa shape index (κ3) is 5.38. The van der Waals surface area contributed by atoms with E-state index in [9.17, 15) is 4.53 Å². The molecule has 0 saturated heterocycles. The van der Waals surface area contributed by atoms with Crippen molar-refractivity contribution in [2.24, 2.45) is 0 Å². The number of rotatable bonds is 6. The van der Waals surface area contributed by atoms with E-state index in [2.05, 4.69) is 24.7 Å². The van der Waals surface area contributed by atoms with Crippen LogP contribution in [0.5, 0.6) is 5.75 Å². The fraction of sp³-hybridized carbons (Fsp3) is 0.176. The molecular formula is C17H21FO. The summed E-state index contributed by atoms with van der Waals surface area (Å²) in [6, 6.07) is 5.23. The van der Waals surface area contributed by atoms with Crippen LogP contribution >= 0.6 is 0 Å². The number of halogens is 1. The van der Waals surface area contributed by atoms with Crippen LogP contribution in [0.2, 0.25) is 0 Å². The molecule has 1 nitrogen and oxygen atoms in total. The van der Waals surface area contributed by atoms with Gasteiger partial charge in [-0.3, -0.25) is 4.94 Å². The van der Waals surface area contributed by atoms with Gasteiger partial charge in [0, 0.05) is 10.1 Å². The first-order valence-corrected chi connectivity index (χ1v) is 6.23. The van der Waals surface area contributed by atoms with E-state index in [1.54, 1.807) is 24.3 Å². The van der Waals surface area contributed by atoms with E-state index >= 15 is 0 Å². The molecule has 0 spiro atoms. The van der Waals surface area contributed by atoms with Gasteiger partial charge in [0.2, 0.25) is 0 Å². The summed E-state index contributed by atoms with van der Waals surface area (Å²) in [5, 5.41) is 0. The van der Waals surface area contributed by atoms with Gasteiger partial charge in [0.15, 0.2) is 5.75 Å². The maximum Gasteiger partial charge on any atom is 0.179 e. The van der Waals surface area contributed by atoms with E-state index < -0.39 is 0 Å². The molecule has 1 rings (SSSR count). The first-order chi connectivity index (χ1) is 9.24. The van der Waals surface area contributed by atoms with Gasteiger partial charge >= 0.3 is 0 Å². The van der Waals surface area contributed by atoms with Crippen molar-refractivity contribution < 1.29 is 9.47 Å². The third-order valence-corrected chi connectivity index (χ3v) is 2.38. The molecule has 0 saturated carbocycles. The summed E-state index contributed by atoms with van der Waals surface area (Å²) >= 11 is 0. The molecule has 0 aromatic heterocycles. The Morgan fingerprint density at radius 2 is 1.95 bits per heavy atom. The minimum absolute atomic E-state index is 0.177. The van der Waals surface area contributed by atoms with Crippen molar-refractivity contribution >= 4 is 6.08 Å². The van der Waals surface area contributed by atoms with Crippen molar-refractivity contribution in [1.29, 1.82) is 0 Å². The maximum absolute atomic E-state index is 12.2. The number of benzene rings is 1. The zero-order valence-corrected chi connectivity index (χ0v) is 11.7. The van der Waals surface area contributed by atoms with Gasteiger partial charge in [-0.05, 0) is 29.7 Å². The van der Waals surface area contributed by atoms with Crippen LogP contribution < -0.4 is 4.94 Å². The quantitative estimate of drug-likeness (QED) is 0.617. The third-order valence-electron chi connectivity index (χ3n) is 2.38. The van der Waals surface area contributed by atoms with Gasteiger partial charge < -0.3 is 0 Å². The van der Waals surface area contributed by atoms with Gasteiger partial charge in [-0.2, -0.15) is 0 Å². The summed E-state index contributed by atoms with van der Waals surface area (Å²) in [7, 11) is 0. The standard InChI is InChI=1S/C15H15FO.C2H6/c1-4-7-12(5-2)10-13-8-9-15(17-16)14(6-3)11-13;1-2/h4-9,11H,1-3,10H2;1-2H3/b12-7+;. The molecular weight excluding hydrogens is 239 g/mol. The Morgan fingerprint density at radius 3 is 2.42 bits per heavy atom. The Morgan fingerprint density at radius 1 is 1.26 bits per heavy atom. The molecule has 102 valence electrons. The highest BCUT2D eigenvalue weighted by atomic mass is 19.3. The van der Waals surface area contributed by atoms with E-state index in [1.807, 2.05) is 32.1 Å². The van der Waals surface area contributed by atoms with E-state index in [-0.39, 0.29) is 5.75 Å². The topological polar surface area (TPSA) is 9.23 Å². The SMILES string of the molecule is C=C/C=C(\C=C)Cc1ccc(OF)c(C=C)c1.CC. The predicted octanol–water partition coefficient (Wildman–Crippen LogP) is 5.46. The van der Waals surface area contributed by atoms with Crippen LogP contribution in [0.1, 0.15) is 25.0 Å². The highest BCUT2D eigenvalue weighted by Gasteiger charge is 2.04. The molecule has 0 heterocycles. The van der Waals surface area contributed by atoms with Crippen molar-refractivity contribution in [3.63, 3.8) is 0 Å². The minimum atomic E-state index is 0.177. The largest absolute Gasteiger partial charge is 0.294 e. The molecule has 0 fully saturated rings. The Hall–Kier alpha value is -2.09. The van der Waals surface area contributed by atoms with Crippen LogP contribution in [0.15, 0.2) is 61.7 Å². The van der Waals surface area contributed by atoms with Gasteiger partial charge in [-0.25, -0.2) is 0 Å². The van der Waals surface area contributed by atoms with E-state index in [4.69, 9.17) is 0 Å². The molecule has 0 atom stereocenters. The molecule has 19 heavy (non-hydrogen) atoms. The summed E-state index contributed by atoms with van der Waals surface area (Å²) in [6.45, 7) is 15.0. The van der Waals surface area contributed by atoms with Crippen molar-refractivity contribution in [3.8, 4) is 5.75 Å². The van der Waals surface area contributed by atoms with Gasteiger partial charge in [0.05, 0.1) is 0 Å². The summed E-state index contributed by atoms with van der Waals surface area (Å²) in [5.74, 6) is 0.177. The second-order valence-corrected chi connectivity index (χ2v) is 3.51. The van der Waals surface area contributed by atoms with Crippen LogP contribution in [0, 0.1) is 0 Å². The molecule has 0 bridgehead atoms. The average molecular weight is 260 g/mol. The number of allylic oxidation sites excluding steroid dienone is 4. The van der Waals surface area contributed by atoms with Crippen molar-refractivity contribution in [2.45, 2.75) is 20.3 Å². The molecule has 0 radical (unpaired) electrons. The monoisotopic (exact) mass is 260 g/mol. The summed E-state index contributed by atoms with van der Waals surface area (Å²) in [5.41, 5.74) is 2.71. The van der Waals surface area contributed by atoms with E-state index in [0.29, 0.717) is 12.0 Å². The lowest BCUT2D eigenvalue weighted by molar-refractivity contribution is -0.00646. The zero-order valence-electron chi connectivity index (χ0n) is 11.7. The highest BCUT2D eigenvalue weighted by molar-refractivity contribution is 5.57. The zero-order chi connectivity index (χ0) is 14.7. The molecule has 0 aliphatic rings. The molecule has 0 unspecified atom stereocenters. The highest BCUT2D eigenvalue weighted by Crippen LogP contribution is 2.23. The molecule has 0 aliphatic heterocycles. The van der Waals surface area contributed by atoms with E-state index in [1.165, 1.54) is 0 Å². The van der Waals surface area contributed by atoms with Crippen molar-refractivity contribution in [1.82, 2.24) is 0 Å². The van der Waals surface area contributed by atoms with Crippen molar-refractivity contribution in [3.05, 3.63) is 72.9 Å². The molecule has 0 aliphatic carbocycles. The van der Waals surface area contributed by atoms with Crippen LogP contribution in [0.3, 0.4) is 0 Å². The molecule has 1 aromatic carbocycles. The Balaban J connectivity index is 0.00000154. The number of hydrogen-bond acceptors (Lipinski definition) is 1. The predicted molar refractivity (Wildman–Crippen MR) is 81.8 cm³/mol. The van der Waals surface area contributed by atoms with Gasteiger partial charge in [-0.1, -0.05) is 64.0 Å². The Kier molecular flexibility index (Phi) is 8.80. The lowest BCUT2D eigenvalue weighted by Gasteiger charge is -2.06. The van der Waals surface area contributed by atoms with Gasteiger partial charge in [0.25, 0.3) is 0 Å². The summed E-state index contributed by atoms with van der Waals surface area (Å²) in [4.78, 5) is 3.75. The fourth-order valence-electron chi connectivity index (χ4n) is 1.52. The fourth-order valence-corrected chi connectivity index (χ4v) is 1.52. The molecule has 0 amide bonds. The van der Waals surface area contributed by atoms with Gasteiger partial charge in [-0.15, -0.1) is 0 Å². The molecule has 2 heteroatoms.